The fraction of sp³-hybridized carbons (Fsp3) is 0.846. The summed E-state index contributed by atoms with van der Waals surface area (Å²) in [7, 11) is 0. The molecule has 0 bridgehead atoms. The second-order valence-electron chi connectivity index (χ2n) is 5.44. The van der Waals surface area contributed by atoms with Crippen LogP contribution < -0.4 is 5.73 Å². The summed E-state index contributed by atoms with van der Waals surface area (Å²) in [5, 5.41) is 0. The van der Waals surface area contributed by atoms with Crippen LogP contribution in [0.3, 0.4) is 0 Å². The van der Waals surface area contributed by atoms with Crippen LogP contribution in [0.15, 0.2) is 0 Å². The number of carbonyl (C=O) groups is 2. The molecular weight excluding hydrogens is 216 g/mol. The normalized spacial score (nSPS) is 26.1. The van der Waals surface area contributed by atoms with E-state index in [-0.39, 0.29) is 17.7 Å². The molecule has 1 heterocycles. The first-order chi connectivity index (χ1) is 8.16. The molecule has 1 saturated heterocycles. The molecule has 0 radical (unpaired) electrons. The van der Waals surface area contributed by atoms with Gasteiger partial charge in [0.15, 0.2) is 0 Å². The zero-order chi connectivity index (χ0) is 12.3. The third-order valence-corrected chi connectivity index (χ3v) is 4.11. The van der Waals surface area contributed by atoms with E-state index < -0.39 is 0 Å². The second-order valence-corrected chi connectivity index (χ2v) is 5.44. The fourth-order valence-electron chi connectivity index (χ4n) is 3.03. The Balaban J connectivity index is 1.83. The maximum Gasteiger partial charge on any atom is 0.222 e. The molecule has 2 rings (SSSR count). The average Bonchev–Trinajstić information content (AvgIpc) is 2.82. The predicted octanol–water partition coefficient (Wildman–Crippen LogP) is 1.29. The Kier molecular flexibility index (Phi) is 4.02. The van der Waals surface area contributed by atoms with Crippen LogP contribution in [0.2, 0.25) is 0 Å². The first-order valence-electron chi connectivity index (χ1n) is 6.74. The molecule has 2 amide bonds. The molecule has 0 spiro atoms. The molecule has 1 atom stereocenters. The van der Waals surface area contributed by atoms with E-state index in [9.17, 15) is 9.59 Å². The van der Waals surface area contributed by atoms with E-state index in [1.54, 1.807) is 0 Å². The number of rotatable bonds is 3. The number of primary amides is 1. The number of nitrogens with two attached hydrogens (primary N) is 1. The van der Waals surface area contributed by atoms with Gasteiger partial charge in [0.1, 0.15) is 0 Å². The highest BCUT2D eigenvalue weighted by Gasteiger charge is 2.28. The zero-order valence-electron chi connectivity index (χ0n) is 10.4. The molecule has 1 aliphatic heterocycles. The summed E-state index contributed by atoms with van der Waals surface area (Å²) in [6, 6.07) is 0. The molecule has 4 heteroatoms. The summed E-state index contributed by atoms with van der Waals surface area (Å²) in [5.74, 6) is 0.416. The Morgan fingerprint density at radius 3 is 2.47 bits per heavy atom. The summed E-state index contributed by atoms with van der Waals surface area (Å²) >= 11 is 0. The number of piperidine rings is 1. The van der Waals surface area contributed by atoms with E-state index in [1.807, 2.05) is 4.90 Å². The number of amides is 2. The maximum absolute atomic E-state index is 12.1. The summed E-state index contributed by atoms with van der Waals surface area (Å²) < 4.78 is 0. The molecule has 0 unspecified atom stereocenters. The van der Waals surface area contributed by atoms with Crippen LogP contribution in [0.4, 0.5) is 0 Å². The largest absolute Gasteiger partial charge is 0.369 e. The molecule has 2 aliphatic rings. The van der Waals surface area contributed by atoms with Crippen molar-refractivity contribution in [3.63, 3.8) is 0 Å². The van der Waals surface area contributed by atoms with Crippen molar-refractivity contribution >= 4 is 11.8 Å². The number of carbonyl (C=O) groups excluding carboxylic acids is 2. The predicted molar refractivity (Wildman–Crippen MR) is 65.1 cm³/mol. The standard InChI is InChI=1S/C13H22N2O2/c14-13(17)11-6-3-7-15(9-11)12(16)8-10-4-1-2-5-10/h10-11H,1-9H2,(H2,14,17)/t11-/m0/s1. The van der Waals surface area contributed by atoms with E-state index in [2.05, 4.69) is 0 Å². The minimum Gasteiger partial charge on any atom is -0.369 e. The summed E-state index contributed by atoms with van der Waals surface area (Å²) in [6.07, 6.45) is 7.33. The summed E-state index contributed by atoms with van der Waals surface area (Å²) in [4.78, 5) is 25.1. The zero-order valence-corrected chi connectivity index (χ0v) is 10.4. The number of nitrogens with zero attached hydrogens (tertiary/aromatic N) is 1. The van der Waals surface area contributed by atoms with Gasteiger partial charge in [0.25, 0.3) is 0 Å². The SMILES string of the molecule is NC(=O)[C@H]1CCCN(C(=O)CC2CCCC2)C1. The Hall–Kier alpha value is -1.06. The Morgan fingerprint density at radius 2 is 1.82 bits per heavy atom. The highest BCUT2D eigenvalue weighted by atomic mass is 16.2. The van der Waals surface area contributed by atoms with Crippen LogP contribution in [0.1, 0.15) is 44.9 Å². The lowest BCUT2D eigenvalue weighted by atomic mass is 9.96. The van der Waals surface area contributed by atoms with Crippen molar-refractivity contribution in [3.8, 4) is 0 Å². The van der Waals surface area contributed by atoms with Crippen molar-refractivity contribution in [2.75, 3.05) is 13.1 Å². The third-order valence-electron chi connectivity index (χ3n) is 4.11. The van der Waals surface area contributed by atoms with Gasteiger partial charge >= 0.3 is 0 Å². The molecule has 0 aromatic rings. The van der Waals surface area contributed by atoms with Gasteiger partial charge in [-0.1, -0.05) is 12.8 Å². The van der Waals surface area contributed by atoms with Gasteiger partial charge in [-0.05, 0) is 31.6 Å². The van der Waals surface area contributed by atoms with Crippen molar-refractivity contribution < 1.29 is 9.59 Å². The molecule has 2 N–H and O–H groups in total. The molecule has 17 heavy (non-hydrogen) atoms. The van der Waals surface area contributed by atoms with E-state index in [0.717, 1.165) is 19.4 Å². The number of likely N-dealkylation sites (tertiary alicyclic amines) is 1. The van der Waals surface area contributed by atoms with E-state index in [4.69, 9.17) is 5.73 Å². The lowest BCUT2D eigenvalue weighted by molar-refractivity contribution is -0.135. The molecule has 4 nitrogen and oxygen atoms in total. The van der Waals surface area contributed by atoms with Crippen LogP contribution in [-0.4, -0.2) is 29.8 Å². The summed E-state index contributed by atoms with van der Waals surface area (Å²) in [6.45, 7) is 1.34. The van der Waals surface area contributed by atoms with Crippen molar-refractivity contribution in [2.45, 2.75) is 44.9 Å². The highest BCUT2D eigenvalue weighted by molar-refractivity contribution is 5.80. The Labute approximate surface area is 103 Å². The Bertz CT molecular complexity index is 298. The second kappa shape index (κ2) is 5.52. The van der Waals surface area contributed by atoms with Crippen LogP contribution in [0.5, 0.6) is 0 Å². The van der Waals surface area contributed by atoms with E-state index in [1.165, 1.54) is 25.7 Å². The molecule has 0 aromatic carbocycles. The molecule has 0 aromatic heterocycles. The maximum atomic E-state index is 12.1. The number of hydrogen-bond donors (Lipinski definition) is 1. The smallest absolute Gasteiger partial charge is 0.222 e. The van der Waals surface area contributed by atoms with Crippen LogP contribution in [-0.2, 0) is 9.59 Å². The van der Waals surface area contributed by atoms with Gasteiger partial charge in [-0.15, -0.1) is 0 Å². The van der Waals surface area contributed by atoms with E-state index >= 15 is 0 Å². The van der Waals surface area contributed by atoms with Crippen LogP contribution >= 0.6 is 0 Å². The average molecular weight is 238 g/mol. The molecule has 1 saturated carbocycles. The van der Waals surface area contributed by atoms with Gasteiger partial charge in [0, 0.05) is 19.5 Å². The molecule has 2 fully saturated rings. The van der Waals surface area contributed by atoms with E-state index in [0.29, 0.717) is 18.9 Å². The lowest BCUT2D eigenvalue weighted by Crippen LogP contribution is -2.44. The number of hydrogen-bond acceptors (Lipinski definition) is 2. The molecule has 96 valence electrons. The monoisotopic (exact) mass is 238 g/mol. The minimum atomic E-state index is -0.261. The van der Waals surface area contributed by atoms with Gasteiger partial charge in [-0.3, -0.25) is 9.59 Å². The van der Waals surface area contributed by atoms with Gasteiger partial charge in [0.2, 0.25) is 11.8 Å². The van der Waals surface area contributed by atoms with Gasteiger partial charge in [0.05, 0.1) is 5.92 Å². The quantitative estimate of drug-likeness (QED) is 0.805. The van der Waals surface area contributed by atoms with Crippen molar-refractivity contribution in [3.05, 3.63) is 0 Å². The van der Waals surface area contributed by atoms with Crippen LogP contribution in [0, 0.1) is 11.8 Å². The van der Waals surface area contributed by atoms with Gasteiger partial charge in [-0.25, -0.2) is 0 Å². The van der Waals surface area contributed by atoms with Gasteiger partial charge < -0.3 is 10.6 Å². The minimum absolute atomic E-state index is 0.128. The van der Waals surface area contributed by atoms with Gasteiger partial charge in [-0.2, -0.15) is 0 Å². The first-order valence-corrected chi connectivity index (χ1v) is 6.74. The first kappa shape index (κ1) is 12.4. The lowest BCUT2D eigenvalue weighted by Gasteiger charge is -2.32. The highest BCUT2D eigenvalue weighted by Crippen LogP contribution is 2.28. The van der Waals surface area contributed by atoms with Crippen LogP contribution in [0.25, 0.3) is 0 Å². The molecule has 1 aliphatic carbocycles. The molecular formula is C13H22N2O2. The van der Waals surface area contributed by atoms with Crippen molar-refractivity contribution in [2.24, 2.45) is 17.6 Å². The fourth-order valence-corrected chi connectivity index (χ4v) is 3.03. The third kappa shape index (κ3) is 3.20. The van der Waals surface area contributed by atoms with Crippen molar-refractivity contribution in [1.82, 2.24) is 4.90 Å². The Morgan fingerprint density at radius 1 is 1.12 bits per heavy atom. The summed E-state index contributed by atoms with van der Waals surface area (Å²) in [5.41, 5.74) is 5.32. The topological polar surface area (TPSA) is 63.4 Å². The van der Waals surface area contributed by atoms with Crippen molar-refractivity contribution in [1.29, 1.82) is 0 Å².